The third-order valence-electron chi connectivity index (χ3n) is 2.61. The molecule has 0 spiro atoms. The van der Waals surface area contributed by atoms with Gasteiger partial charge in [0, 0.05) is 0 Å². The van der Waals surface area contributed by atoms with Gasteiger partial charge in [-0.2, -0.15) is 0 Å². The van der Waals surface area contributed by atoms with Crippen LogP contribution in [0.4, 0.5) is 5.00 Å². The summed E-state index contributed by atoms with van der Waals surface area (Å²) in [4.78, 5) is 23.7. The fourth-order valence-corrected chi connectivity index (χ4v) is 2.14. The molecule has 0 aliphatic rings. The number of nitrogens with one attached hydrogen (secondary N) is 1. The van der Waals surface area contributed by atoms with Crippen molar-refractivity contribution >= 4 is 28.2 Å². The zero-order chi connectivity index (χ0) is 14.6. The van der Waals surface area contributed by atoms with Gasteiger partial charge in [-0.3, -0.25) is 4.79 Å². The van der Waals surface area contributed by atoms with E-state index in [1.165, 1.54) is 11.3 Å². The second kappa shape index (κ2) is 6.16. The van der Waals surface area contributed by atoms with Crippen molar-refractivity contribution in [2.45, 2.75) is 33.7 Å². The minimum Gasteiger partial charge on any atom is -0.462 e. The Balaban J connectivity index is 2.81. The maximum Gasteiger partial charge on any atom is 0.341 e. The third kappa shape index (κ3) is 4.04. The second-order valence-electron chi connectivity index (χ2n) is 5.22. The molecule has 3 N–H and O–H groups in total. The fraction of sp³-hybridized carbons (Fsp3) is 0.538. The number of ether oxygens (including phenoxy) is 1. The zero-order valence-electron chi connectivity index (χ0n) is 11.6. The Labute approximate surface area is 117 Å². The highest BCUT2D eigenvalue weighted by Crippen LogP contribution is 2.26. The van der Waals surface area contributed by atoms with Crippen molar-refractivity contribution < 1.29 is 14.3 Å². The Hall–Kier alpha value is -1.40. The van der Waals surface area contributed by atoms with Gasteiger partial charge in [0.05, 0.1) is 18.2 Å². The molecule has 0 fully saturated rings. The minimum atomic E-state index is -0.648. The Morgan fingerprint density at radius 3 is 2.63 bits per heavy atom. The number of thiophene rings is 1. The summed E-state index contributed by atoms with van der Waals surface area (Å²) in [5, 5.41) is 4.89. The molecule has 1 amide bonds. The number of nitrogens with two attached hydrogens (primary N) is 1. The molecule has 1 rings (SSSR count). The topological polar surface area (TPSA) is 81.4 Å². The summed E-state index contributed by atoms with van der Waals surface area (Å²) in [5.41, 5.74) is 5.89. The van der Waals surface area contributed by atoms with Crippen molar-refractivity contribution in [3.8, 4) is 0 Å². The molecule has 0 saturated carbocycles. The number of carbonyl (C=O) groups is 2. The number of rotatable bonds is 4. The van der Waals surface area contributed by atoms with Gasteiger partial charge in [-0.15, -0.1) is 11.3 Å². The molecule has 1 atom stereocenters. The summed E-state index contributed by atoms with van der Waals surface area (Å²) >= 11 is 1.27. The third-order valence-corrected chi connectivity index (χ3v) is 3.44. The fourth-order valence-electron chi connectivity index (χ4n) is 1.36. The van der Waals surface area contributed by atoms with E-state index in [1.54, 1.807) is 18.4 Å². The molecule has 6 heteroatoms. The van der Waals surface area contributed by atoms with Gasteiger partial charge < -0.3 is 15.8 Å². The van der Waals surface area contributed by atoms with Crippen molar-refractivity contribution in [2.75, 3.05) is 11.9 Å². The summed E-state index contributed by atoms with van der Waals surface area (Å²) in [6.07, 6.45) is 0. The molecular weight excluding hydrogens is 264 g/mol. The lowest BCUT2D eigenvalue weighted by molar-refractivity contribution is -0.119. The first-order valence-corrected chi connectivity index (χ1v) is 6.96. The molecule has 5 nitrogen and oxygen atoms in total. The van der Waals surface area contributed by atoms with E-state index in [2.05, 4.69) is 5.32 Å². The SMILES string of the molecule is CCOC(=O)c1ccsc1NC(=O)C(N)C(C)(C)C. The maximum absolute atomic E-state index is 12.0. The van der Waals surface area contributed by atoms with E-state index >= 15 is 0 Å². The number of esters is 1. The van der Waals surface area contributed by atoms with E-state index in [-0.39, 0.29) is 11.3 Å². The minimum absolute atomic E-state index is 0.295. The van der Waals surface area contributed by atoms with Crippen LogP contribution in [-0.4, -0.2) is 24.5 Å². The Morgan fingerprint density at radius 1 is 1.47 bits per heavy atom. The van der Waals surface area contributed by atoms with Gasteiger partial charge in [-0.25, -0.2) is 4.79 Å². The van der Waals surface area contributed by atoms with Gasteiger partial charge in [-0.1, -0.05) is 20.8 Å². The van der Waals surface area contributed by atoms with Crippen LogP contribution >= 0.6 is 11.3 Å². The first-order chi connectivity index (χ1) is 8.77. The average Bonchev–Trinajstić information content (AvgIpc) is 2.75. The number of hydrogen-bond donors (Lipinski definition) is 2. The van der Waals surface area contributed by atoms with Crippen molar-refractivity contribution in [2.24, 2.45) is 11.1 Å². The molecule has 0 aliphatic heterocycles. The van der Waals surface area contributed by atoms with Crippen LogP contribution in [0.5, 0.6) is 0 Å². The van der Waals surface area contributed by atoms with Crippen LogP contribution in [-0.2, 0) is 9.53 Å². The molecule has 1 aromatic rings. The summed E-state index contributed by atoms with van der Waals surface area (Å²) < 4.78 is 4.92. The van der Waals surface area contributed by atoms with Gasteiger partial charge in [-0.05, 0) is 23.8 Å². The van der Waals surface area contributed by atoms with Crippen molar-refractivity contribution in [1.82, 2.24) is 0 Å². The Morgan fingerprint density at radius 2 is 2.11 bits per heavy atom. The maximum atomic E-state index is 12.0. The predicted molar refractivity (Wildman–Crippen MR) is 76.3 cm³/mol. The first kappa shape index (κ1) is 15.7. The quantitative estimate of drug-likeness (QED) is 0.831. The van der Waals surface area contributed by atoms with Crippen LogP contribution in [0.25, 0.3) is 0 Å². The van der Waals surface area contributed by atoms with E-state index in [0.717, 1.165) is 0 Å². The zero-order valence-corrected chi connectivity index (χ0v) is 12.5. The molecule has 0 radical (unpaired) electrons. The number of anilines is 1. The summed E-state index contributed by atoms with van der Waals surface area (Å²) in [6, 6.07) is 0.977. The largest absolute Gasteiger partial charge is 0.462 e. The summed E-state index contributed by atoms with van der Waals surface area (Å²) in [5.74, 6) is -0.746. The first-order valence-electron chi connectivity index (χ1n) is 6.08. The van der Waals surface area contributed by atoms with Crippen LogP contribution in [0, 0.1) is 5.41 Å². The highest BCUT2D eigenvalue weighted by Gasteiger charge is 2.28. The van der Waals surface area contributed by atoms with E-state index in [4.69, 9.17) is 10.5 Å². The van der Waals surface area contributed by atoms with E-state index < -0.39 is 12.0 Å². The van der Waals surface area contributed by atoms with Gasteiger partial charge in [0.2, 0.25) is 5.91 Å². The van der Waals surface area contributed by atoms with Gasteiger partial charge >= 0.3 is 5.97 Å². The molecule has 0 saturated heterocycles. The lowest BCUT2D eigenvalue weighted by Crippen LogP contribution is -2.45. The molecule has 1 aromatic heterocycles. The summed E-state index contributed by atoms with van der Waals surface area (Å²) in [6.45, 7) is 7.69. The van der Waals surface area contributed by atoms with Crippen molar-refractivity contribution in [3.63, 3.8) is 0 Å². The highest BCUT2D eigenvalue weighted by atomic mass is 32.1. The monoisotopic (exact) mass is 284 g/mol. The average molecular weight is 284 g/mol. The lowest BCUT2D eigenvalue weighted by Gasteiger charge is -2.25. The van der Waals surface area contributed by atoms with Gasteiger partial charge in [0.25, 0.3) is 0 Å². The Bertz CT molecular complexity index is 463. The molecule has 0 bridgehead atoms. The number of amides is 1. The van der Waals surface area contributed by atoms with Crippen molar-refractivity contribution in [1.29, 1.82) is 0 Å². The van der Waals surface area contributed by atoms with Crippen LogP contribution in [0.2, 0.25) is 0 Å². The smallest absolute Gasteiger partial charge is 0.341 e. The molecule has 0 aliphatic carbocycles. The molecular formula is C13H20N2O3S. The number of carbonyl (C=O) groups excluding carboxylic acids is 2. The molecule has 0 aromatic carbocycles. The standard InChI is InChI=1S/C13H20N2O3S/c1-5-18-12(17)8-6-7-19-11(8)15-10(16)9(14)13(2,3)4/h6-7,9H,5,14H2,1-4H3,(H,15,16). The van der Waals surface area contributed by atoms with Crippen LogP contribution in [0.1, 0.15) is 38.1 Å². The van der Waals surface area contributed by atoms with Crippen LogP contribution < -0.4 is 11.1 Å². The summed E-state index contributed by atoms with van der Waals surface area (Å²) in [7, 11) is 0. The van der Waals surface area contributed by atoms with E-state index in [1.807, 2.05) is 20.8 Å². The highest BCUT2D eigenvalue weighted by molar-refractivity contribution is 7.14. The lowest BCUT2D eigenvalue weighted by atomic mass is 9.87. The predicted octanol–water partition coefficient (Wildman–Crippen LogP) is 2.24. The molecule has 1 heterocycles. The van der Waals surface area contributed by atoms with Crippen LogP contribution in [0.3, 0.4) is 0 Å². The Kier molecular flexibility index (Phi) is 5.08. The molecule has 19 heavy (non-hydrogen) atoms. The molecule has 106 valence electrons. The molecule has 1 unspecified atom stereocenters. The van der Waals surface area contributed by atoms with E-state index in [0.29, 0.717) is 17.2 Å². The van der Waals surface area contributed by atoms with Crippen molar-refractivity contribution in [3.05, 3.63) is 17.0 Å². The van der Waals surface area contributed by atoms with E-state index in [9.17, 15) is 9.59 Å². The second-order valence-corrected chi connectivity index (χ2v) is 6.13. The van der Waals surface area contributed by atoms with Gasteiger partial charge in [0.15, 0.2) is 0 Å². The number of hydrogen-bond acceptors (Lipinski definition) is 5. The normalized spacial score (nSPS) is 12.9. The van der Waals surface area contributed by atoms with Gasteiger partial charge in [0.1, 0.15) is 5.00 Å². The van der Waals surface area contributed by atoms with Crippen LogP contribution in [0.15, 0.2) is 11.4 Å².